The monoisotopic (exact) mass is 1040 g/mol. The van der Waals surface area contributed by atoms with Crippen LogP contribution in [0.25, 0.3) is 71.7 Å². The van der Waals surface area contributed by atoms with Crippen molar-refractivity contribution in [2.24, 2.45) is 9.98 Å². The van der Waals surface area contributed by atoms with Crippen LogP contribution in [0, 0.1) is 0 Å². The Morgan fingerprint density at radius 2 is 0.568 bits per heavy atom. The molecule has 88 heavy (non-hydrogen) atoms. The molecule has 2 N–H and O–H groups in total. The maximum atomic E-state index is 13.0. The van der Waals surface area contributed by atoms with Gasteiger partial charge >= 0.3 is 0 Å². The van der Waals surface area contributed by atoms with Gasteiger partial charge in [0, 0.05) is 32.9 Å². The second kappa shape index (κ2) is 22.0. The topological polar surface area (TPSA) is 75.0 Å². The van der Waals surface area contributed by atoms with Gasteiger partial charge in [-0.1, -0.05) is 98.3 Å². The number of aliphatic imine (C=N–C) groups is 2. The lowest BCUT2D eigenvalue weighted by atomic mass is 9.56. The highest BCUT2D eigenvalue weighted by Gasteiger charge is 2.34. The fourth-order valence-electron chi connectivity index (χ4n) is 11.6. The van der Waals surface area contributed by atoms with E-state index in [9.17, 15) is 5.11 Å². The minimum absolute atomic E-state index is 0.0107. The van der Waals surface area contributed by atoms with E-state index in [0.29, 0.717) is 0 Å². The molecule has 0 aliphatic carbocycles. The maximum Gasteiger partial charge on any atom is 0.168 e. The number of nitrogens with one attached hydrogen (secondary N) is 1. The summed E-state index contributed by atoms with van der Waals surface area (Å²) in [7, 11) is 206. The van der Waals surface area contributed by atoms with Crippen molar-refractivity contribution in [3.63, 3.8) is 0 Å². The summed E-state index contributed by atoms with van der Waals surface area (Å²) in [6.07, 6.45) is -1.64. The summed E-state index contributed by atoms with van der Waals surface area (Å²) in [5.41, 5.74) is -8.05. The number of phenolic OH excluding ortho intramolecular Hbond substituents is 1. The van der Waals surface area contributed by atoms with Crippen LogP contribution in [0.5, 0.6) is 5.75 Å². The zero-order chi connectivity index (χ0) is 64.9. The number of nitrogens with zero attached hydrogens (tertiary/aromatic N) is 3. The summed E-state index contributed by atoms with van der Waals surface area (Å²) in [5.74, 6) is -1.16. The van der Waals surface area contributed by atoms with Crippen LogP contribution in [-0.2, 0) is 0 Å². The van der Waals surface area contributed by atoms with Crippen molar-refractivity contribution in [1.29, 1.82) is 0 Å². The molecule has 1 aliphatic rings. The van der Waals surface area contributed by atoms with E-state index < -0.39 is 11.9 Å². The zero-order valence-corrected chi connectivity index (χ0v) is 46.2. The molecule has 1 unspecified atom stereocenters. The highest BCUT2D eigenvalue weighted by atomic mass is 16.3. The molecule has 37 heteroatoms. The van der Waals surface area contributed by atoms with Gasteiger partial charge in [0.1, 0.15) is 266 Å². The molecule has 8 aromatic carbocycles. The molecule has 1 aliphatic heterocycles. The van der Waals surface area contributed by atoms with Gasteiger partial charge < -0.3 is 19.4 Å². The molecule has 3 heterocycles. The molecule has 1 atom stereocenters. The number of aromatic nitrogens is 1. The lowest BCUT2D eigenvalue weighted by molar-refractivity contribution is 0.480. The van der Waals surface area contributed by atoms with E-state index in [1.165, 1.54) is 4.57 Å². The Morgan fingerprint density at radius 3 is 1.01 bits per heavy atom. The predicted octanol–water partition coefficient (Wildman–Crippen LogP) is -25.2. The first-order valence-electron chi connectivity index (χ1n) is 25.5. The molecule has 0 amide bonds. The van der Waals surface area contributed by atoms with E-state index in [4.69, 9.17) is 258 Å². The second-order valence-electron chi connectivity index (χ2n) is 20.9. The van der Waals surface area contributed by atoms with Gasteiger partial charge in [0.05, 0.1) is 11.1 Å². The van der Waals surface area contributed by atoms with Crippen LogP contribution in [0.3, 0.4) is 0 Å². The number of fused-ring (bicyclic) bond motifs is 6. The third kappa shape index (κ3) is 8.60. The fraction of sp³-hybridized carbons (Fsp3) is 0.0196. The van der Waals surface area contributed by atoms with Crippen LogP contribution >= 0.6 is 0 Å². The molecule has 10 aromatic rings. The van der Waals surface area contributed by atoms with E-state index in [1.807, 2.05) is 0 Å². The average molecular weight is 1040 g/mol. The number of rotatable bonds is 6. The number of phenols is 1. The molecular weight excluding hydrogens is 1040 g/mol. The van der Waals surface area contributed by atoms with Crippen LogP contribution < -0.4 is 175 Å². The van der Waals surface area contributed by atoms with E-state index in [-0.39, 0.29) is 269 Å². The van der Waals surface area contributed by atoms with E-state index in [1.54, 1.807) is 0 Å². The quantitative estimate of drug-likeness (QED) is 0.163. The van der Waals surface area contributed by atoms with E-state index in [2.05, 4.69) is 5.32 Å². The Bertz CT molecular complexity index is 4960. The highest BCUT2D eigenvalue weighted by molar-refractivity contribution is 6.76. The molecule has 0 saturated carbocycles. The Balaban J connectivity index is 1.22. The van der Waals surface area contributed by atoms with Gasteiger partial charge in [-0.25, -0.2) is 9.98 Å². The Hall–Kier alpha value is -5.69. The number of aromatic hydroxyl groups is 1. The van der Waals surface area contributed by atoms with Crippen molar-refractivity contribution in [3.8, 4) is 33.7 Å². The molecule has 0 bridgehead atoms. The molecule has 6 nitrogen and oxygen atoms in total. The molecule has 0 spiro atoms. The third-order valence-corrected chi connectivity index (χ3v) is 16.4. The maximum absolute atomic E-state index is 13.0. The summed E-state index contributed by atoms with van der Waals surface area (Å²) in [6.45, 7) is 0. The SMILES string of the molecule is [B]c1c([B])c([B])c(C2=NC(c3c([B])c([B])c4c(oc5c([B])c([B])c(-n6c7c([B])c([B])c([B])c([B])c7c7c([B])c(-c8c([B])c([B])c([B])c([B])c8[B])c([B])c([B])c76)c(O)c54)c3[B])N=C(c3c([B])c([B])c([B])c(-c4c([B])c([B])c([B])c([B])c4[B])c3[B])N2)c([B])c1[B]. The van der Waals surface area contributed by atoms with E-state index >= 15 is 0 Å². The normalized spacial score (nSPS) is 13.4. The number of furan rings is 1. The fourth-order valence-corrected chi connectivity index (χ4v) is 11.6. The smallest absolute Gasteiger partial charge is 0.168 e. The second-order valence-corrected chi connectivity index (χ2v) is 20.9. The van der Waals surface area contributed by atoms with Crippen LogP contribution in [0.4, 0.5) is 0 Å². The summed E-state index contributed by atoms with van der Waals surface area (Å²) >= 11 is 0. The van der Waals surface area contributed by atoms with Crippen molar-refractivity contribution in [2.45, 2.75) is 6.17 Å². The minimum Gasteiger partial charge on any atom is -0.505 e. The first-order chi connectivity index (χ1) is 41.1. The van der Waals surface area contributed by atoms with Crippen molar-refractivity contribution < 1.29 is 9.52 Å². The van der Waals surface area contributed by atoms with Gasteiger partial charge in [-0.2, -0.15) is 0 Å². The summed E-state index contributed by atoms with van der Waals surface area (Å²) in [4.78, 5) is 9.79. The number of hydrogen-bond donors (Lipinski definition) is 2. The first kappa shape index (κ1) is 63.9. The summed E-state index contributed by atoms with van der Waals surface area (Å²) < 4.78 is 7.75. The van der Waals surface area contributed by atoms with Crippen LogP contribution in [0.1, 0.15) is 22.9 Å². The lowest BCUT2D eigenvalue weighted by Gasteiger charge is -2.32. The summed E-state index contributed by atoms with van der Waals surface area (Å²) in [5, 5.41) is 15.8. The number of hydrogen-bond acceptors (Lipinski definition) is 5. The van der Waals surface area contributed by atoms with Gasteiger partial charge in [-0.05, 0) is 38.7 Å². The molecular formula is C51H3B31N4O2. The Morgan fingerprint density at radius 1 is 0.273 bits per heavy atom. The molecule has 0 fully saturated rings. The number of benzene rings is 8. The predicted molar refractivity (Wildman–Crippen MR) is 399 cm³/mol. The van der Waals surface area contributed by atoms with Crippen LogP contribution in [0.2, 0.25) is 0 Å². The van der Waals surface area contributed by atoms with Crippen molar-refractivity contribution >= 4 is 468 Å². The van der Waals surface area contributed by atoms with Crippen molar-refractivity contribution in [3.05, 3.63) is 16.7 Å². The third-order valence-electron chi connectivity index (χ3n) is 16.4. The molecule has 332 valence electrons. The largest absolute Gasteiger partial charge is 0.505 e. The number of amidine groups is 2. The van der Waals surface area contributed by atoms with Gasteiger partial charge in [0.15, 0.2) is 11.9 Å². The average Bonchev–Trinajstić information content (AvgIpc) is 1.51. The Kier molecular flexibility index (Phi) is 16.0. The molecule has 2 aromatic heterocycles. The van der Waals surface area contributed by atoms with Crippen molar-refractivity contribution in [1.82, 2.24) is 9.88 Å². The minimum atomic E-state index is -1.64. The first-order valence-corrected chi connectivity index (χ1v) is 25.5. The molecule has 0 saturated heterocycles. The van der Waals surface area contributed by atoms with Gasteiger partial charge in [0.2, 0.25) is 0 Å². The van der Waals surface area contributed by atoms with Crippen LogP contribution in [0.15, 0.2) is 14.4 Å². The standard InChI is InChI=1S/C51H3B31N4O2/c52-12-1(3-15(55)28(68)35(75)29(69)16(3)56)19(59)39(79)43-5(12)6-20(60)32(72)38(78)40(80)44(6)86(43)45-41(81)42(82)48-8(46(45)87)7-21(61)22(62)11(26(66)47(7)88-48)51-84-49(83-50(85-51)10-24(64)33(73)37(77)34(74)25(10)65)9-13(53)2(14(54)27(67)23(9)63)4-17(57)30(70)36(76)31(71)18(4)58/h51,87H,(H,83,84,85). The Labute approximate surface area is 550 Å². The summed E-state index contributed by atoms with van der Waals surface area (Å²) in [6, 6.07) is 0. The van der Waals surface area contributed by atoms with Crippen LogP contribution in [-0.4, -0.2) is 265 Å². The van der Waals surface area contributed by atoms with E-state index in [0.717, 1.165) is 0 Å². The van der Waals surface area contributed by atoms with Gasteiger partial charge in [-0.3, -0.25) is 0 Å². The molecule has 62 radical (unpaired) electrons. The lowest BCUT2D eigenvalue weighted by Crippen LogP contribution is -2.59. The van der Waals surface area contributed by atoms with Crippen molar-refractivity contribution in [2.75, 3.05) is 0 Å². The highest BCUT2D eigenvalue weighted by Crippen LogP contribution is 2.39. The van der Waals surface area contributed by atoms with Gasteiger partial charge in [0.25, 0.3) is 0 Å². The molecule has 11 rings (SSSR count). The van der Waals surface area contributed by atoms with Gasteiger partial charge in [-0.15, -0.1) is 65.6 Å². The zero-order valence-electron chi connectivity index (χ0n) is 46.2.